The zero-order chi connectivity index (χ0) is 15.7. The average Bonchev–Trinajstić information content (AvgIpc) is 2.49. The maximum absolute atomic E-state index is 6.32. The molecule has 1 unspecified atom stereocenters. The minimum atomic E-state index is 0.446. The van der Waals surface area contributed by atoms with Crippen molar-refractivity contribution in [3.8, 4) is 0 Å². The Morgan fingerprint density at radius 1 is 1.14 bits per heavy atom. The van der Waals surface area contributed by atoms with Gasteiger partial charge in [-0.05, 0) is 57.1 Å². The van der Waals surface area contributed by atoms with Gasteiger partial charge in [0.25, 0.3) is 0 Å². The first kappa shape index (κ1) is 18.8. The fraction of sp³-hybridized carbons (Fsp3) is 0.647. The predicted molar refractivity (Wildman–Crippen MR) is 94.7 cm³/mol. The molecule has 1 N–H and O–H groups in total. The quantitative estimate of drug-likeness (QED) is 0.672. The molecule has 0 heterocycles. The lowest BCUT2D eigenvalue weighted by Crippen LogP contribution is -2.36. The standard InChI is InChI=1S/C17H28Cl2N2/c1-4-11-20-15(10-12-21(5-2)6-3)13-14-8-7-9-16(18)17(14)19/h7-9,15,20H,4-6,10-13H2,1-3H3. The first-order valence-electron chi connectivity index (χ1n) is 8.00. The lowest BCUT2D eigenvalue weighted by molar-refractivity contribution is 0.280. The van der Waals surface area contributed by atoms with Gasteiger partial charge in [-0.3, -0.25) is 0 Å². The SMILES string of the molecule is CCCNC(CCN(CC)CC)Cc1cccc(Cl)c1Cl. The van der Waals surface area contributed by atoms with Crippen molar-refractivity contribution < 1.29 is 0 Å². The van der Waals surface area contributed by atoms with Crippen LogP contribution < -0.4 is 5.32 Å². The molecule has 0 aromatic heterocycles. The fourth-order valence-electron chi connectivity index (χ4n) is 2.47. The molecule has 0 bridgehead atoms. The van der Waals surface area contributed by atoms with Gasteiger partial charge < -0.3 is 10.2 Å². The Balaban J connectivity index is 2.66. The molecule has 120 valence electrons. The van der Waals surface area contributed by atoms with Gasteiger partial charge in [0.05, 0.1) is 10.0 Å². The summed E-state index contributed by atoms with van der Waals surface area (Å²) in [6, 6.07) is 6.34. The third-order valence-corrected chi connectivity index (χ3v) is 4.73. The molecule has 4 heteroatoms. The number of hydrogen-bond acceptors (Lipinski definition) is 2. The lowest BCUT2D eigenvalue weighted by Gasteiger charge is -2.24. The molecule has 0 aliphatic rings. The molecule has 0 radical (unpaired) electrons. The molecule has 1 aromatic rings. The number of hydrogen-bond donors (Lipinski definition) is 1. The summed E-state index contributed by atoms with van der Waals surface area (Å²) in [5.74, 6) is 0. The van der Waals surface area contributed by atoms with Crippen LogP contribution in [0.1, 0.15) is 39.2 Å². The van der Waals surface area contributed by atoms with Crippen LogP contribution in [0.2, 0.25) is 10.0 Å². The number of halogens is 2. The van der Waals surface area contributed by atoms with E-state index in [1.54, 1.807) is 0 Å². The van der Waals surface area contributed by atoms with E-state index >= 15 is 0 Å². The third-order valence-electron chi connectivity index (χ3n) is 3.87. The summed E-state index contributed by atoms with van der Waals surface area (Å²) in [4.78, 5) is 2.46. The number of benzene rings is 1. The van der Waals surface area contributed by atoms with Crippen LogP contribution >= 0.6 is 23.2 Å². The van der Waals surface area contributed by atoms with Crippen LogP contribution in [0, 0.1) is 0 Å². The minimum Gasteiger partial charge on any atom is -0.314 e. The maximum atomic E-state index is 6.32. The van der Waals surface area contributed by atoms with Crippen molar-refractivity contribution >= 4 is 23.2 Å². The molecule has 0 saturated heterocycles. The van der Waals surface area contributed by atoms with Crippen LogP contribution in [0.15, 0.2) is 18.2 Å². The van der Waals surface area contributed by atoms with Gasteiger partial charge in [0, 0.05) is 6.04 Å². The van der Waals surface area contributed by atoms with Crippen molar-refractivity contribution in [2.75, 3.05) is 26.2 Å². The van der Waals surface area contributed by atoms with Crippen molar-refractivity contribution in [1.29, 1.82) is 0 Å². The fourth-order valence-corrected chi connectivity index (χ4v) is 2.87. The Hall–Kier alpha value is -0.280. The second kappa shape index (κ2) is 10.4. The first-order valence-corrected chi connectivity index (χ1v) is 8.76. The zero-order valence-corrected chi connectivity index (χ0v) is 15.0. The van der Waals surface area contributed by atoms with E-state index in [1.807, 2.05) is 12.1 Å². The summed E-state index contributed by atoms with van der Waals surface area (Å²) in [6.07, 6.45) is 3.20. The molecule has 2 nitrogen and oxygen atoms in total. The van der Waals surface area contributed by atoms with Gasteiger partial charge in [-0.15, -0.1) is 0 Å². The summed E-state index contributed by atoms with van der Waals surface area (Å²) >= 11 is 12.4. The molecule has 1 aromatic carbocycles. The van der Waals surface area contributed by atoms with Gasteiger partial charge in [-0.1, -0.05) is 56.1 Å². The topological polar surface area (TPSA) is 15.3 Å². The third kappa shape index (κ3) is 6.56. The second-order valence-electron chi connectivity index (χ2n) is 5.38. The number of nitrogens with one attached hydrogen (secondary N) is 1. The highest BCUT2D eigenvalue weighted by atomic mass is 35.5. The summed E-state index contributed by atoms with van der Waals surface area (Å²) in [5.41, 5.74) is 1.14. The number of rotatable bonds is 10. The Labute approximate surface area is 139 Å². The van der Waals surface area contributed by atoms with E-state index in [4.69, 9.17) is 23.2 Å². The Morgan fingerprint density at radius 2 is 1.86 bits per heavy atom. The Bertz CT molecular complexity index is 406. The van der Waals surface area contributed by atoms with E-state index in [0.717, 1.165) is 51.0 Å². The van der Waals surface area contributed by atoms with Crippen LogP contribution in [0.4, 0.5) is 0 Å². The predicted octanol–water partition coefficient (Wildman–Crippen LogP) is 4.64. The highest BCUT2D eigenvalue weighted by molar-refractivity contribution is 6.42. The summed E-state index contributed by atoms with van der Waals surface area (Å²) in [6.45, 7) is 11.0. The summed E-state index contributed by atoms with van der Waals surface area (Å²) in [5, 5.41) is 4.98. The van der Waals surface area contributed by atoms with Gasteiger partial charge in [0.2, 0.25) is 0 Å². The molecular formula is C17H28Cl2N2. The largest absolute Gasteiger partial charge is 0.314 e. The average molecular weight is 331 g/mol. The maximum Gasteiger partial charge on any atom is 0.0624 e. The normalized spacial score (nSPS) is 12.9. The molecule has 0 saturated carbocycles. The van der Waals surface area contributed by atoms with E-state index < -0.39 is 0 Å². The van der Waals surface area contributed by atoms with Crippen molar-refractivity contribution in [3.05, 3.63) is 33.8 Å². The Kier molecular flexibility index (Phi) is 9.34. The van der Waals surface area contributed by atoms with Crippen LogP contribution in [-0.2, 0) is 6.42 Å². The summed E-state index contributed by atoms with van der Waals surface area (Å²) < 4.78 is 0. The highest BCUT2D eigenvalue weighted by Crippen LogP contribution is 2.26. The van der Waals surface area contributed by atoms with Gasteiger partial charge in [-0.2, -0.15) is 0 Å². The van der Waals surface area contributed by atoms with Gasteiger partial charge in [-0.25, -0.2) is 0 Å². The Morgan fingerprint density at radius 3 is 2.48 bits per heavy atom. The minimum absolute atomic E-state index is 0.446. The zero-order valence-electron chi connectivity index (χ0n) is 13.5. The van der Waals surface area contributed by atoms with Crippen molar-refractivity contribution in [2.45, 2.75) is 46.1 Å². The van der Waals surface area contributed by atoms with E-state index in [0.29, 0.717) is 16.1 Å². The van der Waals surface area contributed by atoms with Crippen LogP contribution in [0.5, 0.6) is 0 Å². The molecule has 0 amide bonds. The monoisotopic (exact) mass is 330 g/mol. The number of nitrogens with zero attached hydrogens (tertiary/aromatic N) is 1. The molecule has 0 fully saturated rings. The van der Waals surface area contributed by atoms with Crippen LogP contribution in [0.3, 0.4) is 0 Å². The molecule has 0 spiro atoms. The van der Waals surface area contributed by atoms with Gasteiger partial charge in [0.1, 0.15) is 0 Å². The second-order valence-corrected chi connectivity index (χ2v) is 6.17. The van der Waals surface area contributed by atoms with E-state index in [-0.39, 0.29) is 0 Å². The van der Waals surface area contributed by atoms with Crippen molar-refractivity contribution in [3.63, 3.8) is 0 Å². The van der Waals surface area contributed by atoms with E-state index in [9.17, 15) is 0 Å². The van der Waals surface area contributed by atoms with Crippen molar-refractivity contribution in [1.82, 2.24) is 10.2 Å². The van der Waals surface area contributed by atoms with E-state index in [1.165, 1.54) is 0 Å². The molecule has 1 atom stereocenters. The molecular weight excluding hydrogens is 303 g/mol. The molecule has 0 aliphatic carbocycles. The first-order chi connectivity index (χ1) is 10.1. The van der Waals surface area contributed by atoms with Crippen LogP contribution in [-0.4, -0.2) is 37.1 Å². The van der Waals surface area contributed by atoms with Crippen molar-refractivity contribution in [2.24, 2.45) is 0 Å². The van der Waals surface area contributed by atoms with Crippen LogP contribution in [0.25, 0.3) is 0 Å². The smallest absolute Gasteiger partial charge is 0.0624 e. The van der Waals surface area contributed by atoms with Gasteiger partial charge >= 0.3 is 0 Å². The molecule has 21 heavy (non-hydrogen) atoms. The highest BCUT2D eigenvalue weighted by Gasteiger charge is 2.13. The molecule has 0 aliphatic heterocycles. The van der Waals surface area contributed by atoms with Gasteiger partial charge in [0.15, 0.2) is 0 Å². The summed E-state index contributed by atoms with van der Waals surface area (Å²) in [7, 11) is 0. The molecule has 1 rings (SSSR count). The lowest BCUT2D eigenvalue weighted by atomic mass is 10.0. The van der Waals surface area contributed by atoms with E-state index in [2.05, 4.69) is 37.1 Å².